The molecule has 0 saturated heterocycles. The lowest BCUT2D eigenvalue weighted by Gasteiger charge is -2.09. The van der Waals surface area contributed by atoms with Gasteiger partial charge in [-0.25, -0.2) is 0 Å². The van der Waals surface area contributed by atoms with E-state index in [-0.39, 0.29) is 24.3 Å². The molecule has 1 aliphatic carbocycles. The summed E-state index contributed by atoms with van der Waals surface area (Å²) >= 11 is 3.35. The van der Waals surface area contributed by atoms with Crippen LogP contribution in [0.4, 0.5) is 17.1 Å². The summed E-state index contributed by atoms with van der Waals surface area (Å²) < 4.78 is 0.965. The zero-order valence-corrected chi connectivity index (χ0v) is 14.6. The first kappa shape index (κ1) is 16.5. The molecule has 0 atom stereocenters. The standard InChI is InChI=1S/C18H18BrN3O2/c19-13-3-5-15(6-4-13)21-17(23)11-20-14-7-9-16(10-8-14)22-18(24)12-1-2-12/h3-10,12,20H,1-2,11H2,(H,21,23)(H,22,24). The van der Waals surface area contributed by atoms with Gasteiger partial charge in [-0.3, -0.25) is 9.59 Å². The Labute approximate surface area is 149 Å². The fraction of sp³-hybridized carbons (Fsp3) is 0.222. The van der Waals surface area contributed by atoms with Crippen molar-refractivity contribution >= 4 is 44.8 Å². The summed E-state index contributed by atoms with van der Waals surface area (Å²) in [5, 5.41) is 8.76. The highest BCUT2D eigenvalue weighted by Gasteiger charge is 2.29. The Balaban J connectivity index is 1.46. The maximum absolute atomic E-state index is 11.9. The van der Waals surface area contributed by atoms with Crippen molar-refractivity contribution in [1.82, 2.24) is 0 Å². The molecule has 0 aliphatic heterocycles. The van der Waals surface area contributed by atoms with Gasteiger partial charge in [0.15, 0.2) is 0 Å². The SMILES string of the molecule is O=C(CNc1ccc(NC(=O)C2CC2)cc1)Nc1ccc(Br)cc1. The second kappa shape index (κ2) is 7.49. The van der Waals surface area contributed by atoms with Crippen LogP contribution in [0.25, 0.3) is 0 Å². The van der Waals surface area contributed by atoms with E-state index in [0.717, 1.165) is 34.4 Å². The number of hydrogen-bond donors (Lipinski definition) is 3. The third-order valence-electron chi connectivity index (χ3n) is 3.68. The first-order chi connectivity index (χ1) is 11.6. The molecule has 2 aromatic rings. The predicted octanol–water partition coefficient (Wildman–Crippen LogP) is 3.85. The van der Waals surface area contributed by atoms with E-state index in [1.807, 2.05) is 48.5 Å². The molecule has 0 radical (unpaired) electrons. The summed E-state index contributed by atoms with van der Waals surface area (Å²) in [6, 6.07) is 14.8. The van der Waals surface area contributed by atoms with Crippen molar-refractivity contribution in [2.24, 2.45) is 5.92 Å². The van der Waals surface area contributed by atoms with Gasteiger partial charge in [-0.1, -0.05) is 15.9 Å². The van der Waals surface area contributed by atoms with E-state index in [9.17, 15) is 9.59 Å². The monoisotopic (exact) mass is 387 g/mol. The molecule has 3 rings (SSSR count). The van der Waals surface area contributed by atoms with Gasteiger partial charge in [0.2, 0.25) is 11.8 Å². The average Bonchev–Trinajstić information content (AvgIpc) is 3.41. The van der Waals surface area contributed by atoms with Gasteiger partial charge >= 0.3 is 0 Å². The molecule has 124 valence electrons. The van der Waals surface area contributed by atoms with Crippen molar-refractivity contribution in [2.45, 2.75) is 12.8 Å². The lowest BCUT2D eigenvalue weighted by atomic mass is 10.2. The number of carbonyl (C=O) groups excluding carboxylic acids is 2. The number of halogens is 1. The van der Waals surface area contributed by atoms with Crippen LogP contribution in [0.3, 0.4) is 0 Å². The lowest BCUT2D eigenvalue weighted by Crippen LogP contribution is -2.21. The minimum absolute atomic E-state index is 0.0876. The number of anilines is 3. The minimum Gasteiger partial charge on any atom is -0.376 e. The van der Waals surface area contributed by atoms with Crippen LogP contribution in [0, 0.1) is 5.92 Å². The van der Waals surface area contributed by atoms with Crippen LogP contribution < -0.4 is 16.0 Å². The highest BCUT2D eigenvalue weighted by atomic mass is 79.9. The number of hydrogen-bond acceptors (Lipinski definition) is 3. The van der Waals surface area contributed by atoms with Crippen LogP contribution in [0.15, 0.2) is 53.0 Å². The van der Waals surface area contributed by atoms with Crippen LogP contribution in [-0.4, -0.2) is 18.4 Å². The Hall–Kier alpha value is -2.34. The Kier molecular flexibility index (Phi) is 5.15. The van der Waals surface area contributed by atoms with Gasteiger partial charge in [0, 0.05) is 27.5 Å². The summed E-state index contributed by atoms with van der Waals surface area (Å²) in [6.45, 7) is 0.170. The molecule has 24 heavy (non-hydrogen) atoms. The fourth-order valence-electron chi connectivity index (χ4n) is 2.18. The molecule has 0 heterocycles. The Morgan fingerprint density at radius 1 is 0.875 bits per heavy atom. The van der Waals surface area contributed by atoms with E-state index in [1.54, 1.807) is 0 Å². The number of carbonyl (C=O) groups is 2. The third kappa shape index (κ3) is 4.83. The normalized spacial score (nSPS) is 13.2. The number of rotatable bonds is 6. The molecule has 2 amide bonds. The van der Waals surface area contributed by atoms with Crippen molar-refractivity contribution in [3.8, 4) is 0 Å². The van der Waals surface area contributed by atoms with E-state index in [2.05, 4.69) is 31.9 Å². The van der Waals surface area contributed by atoms with E-state index in [4.69, 9.17) is 0 Å². The van der Waals surface area contributed by atoms with E-state index in [1.165, 1.54) is 0 Å². The maximum Gasteiger partial charge on any atom is 0.243 e. The molecular formula is C18H18BrN3O2. The molecule has 1 saturated carbocycles. The average molecular weight is 388 g/mol. The van der Waals surface area contributed by atoms with Crippen molar-refractivity contribution in [3.63, 3.8) is 0 Å². The molecule has 0 unspecified atom stereocenters. The molecule has 1 fully saturated rings. The van der Waals surface area contributed by atoms with E-state index in [0.29, 0.717) is 0 Å². The minimum atomic E-state index is -0.122. The van der Waals surface area contributed by atoms with E-state index < -0.39 is 0 Å². The van der Waals surface area contributed by atoms with E-state index >= 15 is 0 Å². The van der Waals surface area contributed by atoms with Crippen molar-refractivity contribution < 1.29 is 9.59 Å². The van der Waals surface area contributed by atoms with Gasteiger partial charge in [0.25, 0.3) is 0 Å². The maximum atomic E-state index is 11.9. The smallest absolute Gasteiger partial charge is 0.243 e. The van der Waals surface area contributed by atoms with Gasteiger partial charge in [0.1, 0.15) is 0 Å². The molecule has 0 spiro atoms. The predicted molar refractivity (Wildman–Crippen MR) is 99.1 cm³/mol. The lowest BCUT2D eigenvalue weighted by molar-refractivity contribution is -0.117. The van der Waals surface area contributed by atoms with Crippen LogP contribution >= 0.6 is 15.9 Å². The van der Waals surface area contributed by atoms with Crippen LogP contribution in [0.5, 0.6) is 0 Å². The summed E-state index contributed by atoms with van der Waals surface area (Å²) in [4.78, 5) is 23.6. The first-order valence-electron chi connectivity index (χ1n) is 7.80. The molecule has 2 aromatic carbocycles. The zero-order chi connectivity index (χ0) is 16.9. The molecule has 0 bridgehead atoms. The third-order valence-corrected chi connectivity index (χ3v) is 4.21. The van der Waals surface area contributed by atoms with Crippen LogP contribution in [0.1, 0.15) is 12.8 Å². The van der Waals surface area contributed by atoms with Crippen molar-refractivity contribution in [1.29, 1.82) is 0 Å². The zero-order valence-electron chi connectivity index (χ0n) is 13.0. The van der Waals surface area contributed by atoms with Crippen molar-refractivity contribution in [3.05, 3.63) is 53.0 Å². The molecule has 0 aromatic heterocycles. The topological polar surface area (TPSA) is 70.2 Å². The van der Waals surface area contributed by atoms with Gasteiger partial charge in [0.05, 0.1) is 6.54 Å². The van der Waals surface area contributed by atoms with Crippen LogP contribution in [-0.2, 0) is 9.59 Å². The largest absolute Gasteiger partial charge is 0.376 e. The molecule has 5 nitrogen and oxygen atoms in total. The summed E-state index contributed by atoms with van der Waals surface area (Å²) in [5.41, 5.74) is 2.35. The second-order valence-corrected chi connectivity index (χ2v) is 6.67. The number of benzene rings is 2. The van der Waals surface area contributed by atoms with Gasteiger partial charge in [-0.05, 0) is 61.4 Å². The first-order valence-corrected chi connectivity index (χ1v) is 8.60. The summed E-state index contributed by atoms with van der Waals surface area (Å²) in [7, 11) is 0. The Bertz CT molecular complexity index is 725. The van der Waals surface area contributed by atoms with Gasteiger partial charge in [-0.2, -0.15) is 0 Å². The Morgan fingerprint density at radius 3 is 2.04 bits per heavy atom. The van der Waals surface area contributed by atoms with Gasteiger partial charge in [-0.15, -0.1) is 0 Å². The molecule has 3 N–H and O–H groups in total. The summed E-state index contributed by atoms with van der Waals surface area (Å²) in [5.74, 6) is 0.151. The molecular weight excluding hydrogens is 370 g/mol. The molecule has 6 heteroatoms. The number of nitrogens with one attached hydrogen (secondary N) is 3. The highest BCUT2D eigenvalue weighted by Crippen LogP contribution is 2.30. The van der Waals surface area contributed by atoms with Crippen LogP contribution in [0.2, 0.25) is 0 Å². The van der Waals surface area contributed by atoms with Crippen molar-refractivity contribution in [2.75, 3.05) is 22.5 Å². The second-order valence-electron chi connectivity index (χ2n) is 5.75. The quantitative estimate of drug-likeness (QED) is 0.704. The number of amides is 2. The Morgan fingerprint density at radius 2 is 1.42 bits per heavy atom. The highest BCUT2D eigenvalue weighted by molar-refractivity contribution is 9.10. The fourth-order valence-corrected chi connectivity index (χ4v) is 2.45. The molecule has 1 aliphatic rings. The van der Waals surface area contributed by atoms with Gasteiger partial charge < -0.3 is 16.0 Å². The summed E-state index contributed by atoms with van der Waals surface area (Å²) in [6.07, 6.45) is 1.97.